The van der Waals surface area contributed by atoms with Gasteiger partial charge in [-0.15, -0.1) is 0 Å². The molecule has 1 aromatic carbocycles. The number of nitrogens with one attached hydrogen (secondary N) is 1. The molecule has 6 heteroatoms. The number of aryl methyl sites for hydroxylation is 1. The highest BCUT2D eigenvalue weighted by molar-refractivity contribution is 7.22. The standard InChI is InChI=1S/C14H14N4OS/c1-9-6-16-10(7-15-9)8-17-14-18-12-4-3-11(19-2)5-13(12)20-14/h3-7H,8H2,1-2H3,(H,17,18). The Hall–Kier alpha value is -2.21. The molecule has 1 N–H and O–H groups in total. The summed E-state index contributed by atoms with van der Waals surface area (Å²) in [4.78, 5) is 13.1. The van der Waals surface area contributed by atoms with E-state index in [-0.39, 0.29) is 0 Å². The number of ether oxygens (including phenoxy) is 1. The van der Waals surface area contributed by atoms with Gasteiger partial charge in [-0.3, -0.25) is 9.97 Å². The fourth-order valence-electron chi connectivity index (χ4n) is 1.78. The summed E-state index contributed by atoms with van der Waals surface area (Å²) in [5.74, 6) is 0.845. The number of anilines is 1. The zero-order valence-corrected chi connectivity index (χ0v) is 12.1. The molecule has 3 rings (SSSR count). The number of rotatable bonds is 4. The van der Waals surface area contributed by atoms with Crippen molar-refractivity contribution in [3.05, 3.63) is 42.0 Å². The second-order valence-corrected chi connectivity index (χ2v) is 5.39. The van der Waals surface area contributed by atoms with E-state index < -0.39 is 0 Å². The van der Waals surface area contributed by atoms with Gasteiger partial charge in [-0.25, -0.2) is 4.98 Å². The van der Waals surface area contributed by atoms with Gasteiger partial charge < -0.3 is 10.1 Å². The summed E-state index contributed by atoms with van der Waals surface area (Å²) < 4.78 is 6.31. The Morgan fingerprint density at radius 2 is 2.15 bits per heavy atom. The smallest absolute Gasteiger partial charge is 0.184 e. The summed E-state index contributed by atoms with van der Waals surface area (Å²) in [7, 11) is 1.66. The predicted molar refractivity (Wildman–Crippen MR) is 80.3 cm³/mol. The van der Waals surface area contributed by atoms with E-state index in [9.17, 15) is 0 Å². The SMILES string of the molecule is COc1ccc2nc(NCc3cnc(C)cn3)sc2c1. The van der Waals surface area contributed by atoms with Crippen molar-refractivity contribution in [3.63, 3.8) is 0 Å². The van der Waals surface area contributed by atoms with Crippen LogP contribution in [0.3, 0.4) is 0 Å². The monoisotopic (exact) mass is 286 g/mol. The topological polar surface area (TPSA) is 59.9 Å². The fourth-order valence-corrected chi connectivity index (χ4v) is 2.67. The van der Waals surface area contributed by atoms with E-state index in [0.717, 1.165) is 32.5 Å². The van der Waals surface area contributed by atoms with Crippen LogP contribution in [0.15, 0.2) is 30.6 Å². The third kappa shape index (κ3) is 2.70. The quantitative estimate of drug-likeness (QED) is 0.799. The van der Waals surface area contributed by atoms with Gasteiger partial charge in [0.25, 0.3) is 0 Å². The van der Waals surface area contributed by atoms with Gasteiger partial charge in [-0.1, -0.05) is 11.3 Å². The highest BCUT2D eigenvalue weighted by Gasteiger charge is 2.05. The van der Waals surface area contributed by atoms with E-state index in [4.69, 9.17) is 4.74 Å². The van der Waals surface area contributed by atoms with Gasteiger partial charge in [0.2, 0.25) is 0 Å². The Balaban J connectivity index is 1.75. The molecule has 0 aliphatic heterocycles. The van der Waals surface area contributed by atoms with Crippen molar-refractivity contribution in [1.29, 1.82) is 0 Å². The number of methoxy groups -OCH3 is 1. The Morgan fingerprint density at radius 1 is 1.25 bits per heavy atom. The molecule has 0 spiro atoms. The number of aromatic nitrogens is 3. The number of benzene rings is 1. The lowest BCUT2D eigenvalue weighted by atomic mass is 10.3. The summed E-state index contributed by atoms with van der Waals surface area (Å²) >= 11 is 1.60. The van der Waals surface area contributed by atoms with Crippen LogP contribution in [-0.2, 0) is 6.54 Å². The van der Waals surface area contributed by atoms with Crippen molar-refractivity contribution in [2.45, 2.75) is 13.5 Å². The van der Waals surface area contributed by atoms with Gasteiger partial charge in [0.05, 0.1) is 41.5 Å². The molecule has 0 saturated carbocycles. The highest BCUT2D eigenvalue weighted by Crippen LogP contribution is 2.29. The van der Waals surface area contributed by atoms with Crippen LogP contribution in [0.4, 0.5) is 5.13 Å². The van der Waals surface area contributed by atoms with E-state index in [0.29, 0.717) is 6.54 Å². The molecule has 20 heavy (non-hydrogen) atoms. The van der Waals surface area contributed by atoms with Crippen molar-refractivity contribution in [2.24, 2.45) is 0 Å². The Labute approximate surface area is 120 Å². The summed E-state index contributed by atoms with van der Waals surface area (Å²) in [6.07, 6.45) is 3.54. The molecule has 0 radical (unpaired) electrons. The lowest BCUT2D eigenvalue weighted by Gasteiger charge is -2.01. The molecule has 2 heterocycles. The predicted octanol–water partition coefficient (Wildman–Crippen LogP) is 3.02. The normalized spacial score (nSPS) is 10.7. The average molecular weight is 286 g/mol. The average Bonchev–Trinajstić information content (AvgIpc) is 2.88. The summed E-state index contributed by atoms with van der Waals surface area (Å²) in [5.41, 5.74) is 2.78. The molecular formula is C14H14N4OS. The maximum atomic E-state index is 5.21. The van der Waals surface area contributed by atoms with Crippen molar-refractivity contribution < 1.29 is 4.74 Å². The molecule has 0 unspecified atom stereocenters. The minimum Gasteiger partial charge on any atom is -0.497 e. The van der Waals surface area contributed by atoms with E-state index in [1.54, 1.807) is 30.8 Å². The van der Waals surface area contributed by atoms with E-state index >= 15 is 0 Å². The van der Waals surface area contributed by atoms with Crippen molar-refractivity contribution in [3.8, 4) is 5.75 Å². The van der Waals surface area contributed by atoms with Crippen LogP contribution in [-0.4, -0.2) is 22.1 Å². The molecule has 3 aromatic rings. The molecule has 2 aromatic heterocycles. The molecule has 0 bridgehead atoms. The second-order valence-electron chi connectivity index (χ2n) is 4.36. The van der Waals surface area contributed by atoms with E-state index in [1.165, 1.54) is 0 Å². The van der Waals surface area contributed by atoms with Crippen molar-refractivity contribution >= 4 is 26.7 Å². The molecule has 0 aliphatic carbocycles. The number of hydrogen-bond acceptors (Lipinski definition) is 6. The molecule has 0 amide bonds. The molecule has 0 fully saturated rings. The number of fused-ring (bicyclic) bond motifs is 1. The number of hydrogen-bond donors (Lipinski definition) is 1. The van der Waals surface area contributed by atoms with Gasteiger partial charge in [-0.05, 0) is 25.1 Å². The third-order valence-corrected chi connectivity index (χ3v) is 3.83. The maximum Gasteiger partial charge on any atom is 0.184 e. The van der Waals surface area contributed by atoms with Crippen LogP contribution in [0.25, 0.3) is 10.2 Å². The molecule has 102 valence electrons. The Kier molecular flexibility index (Phi) is 3.47. The number of nitrogens with zero attached hydrogens (tertiary/aromatic N) is 3. The van der Waals surface area contributed by atoms with Crippen molar-refractivity contribution in [2.75, 3.05) is 12.4 Å². The van der Waals surface area contributed by atoms with Crippen LogP contribution < -0.4 is 10.1 Å². The van der Waals surface area contributed by atoms with Gasteiger partial charge >= 0.3 is 0 Å². The first-order chi connectivity index (χ1) is 9.74. The first-order valence-electron chi connectivity index (χ1n) is 6.20. The molecule has 5 nitrogen and oxygen atoms in total. The second kappa shape index (κ2) is 5.42. The maximum absolute atomic E-state index is 5.21. The molecule has 0 aliphatic rings. The van der Waals surface area contributed by atoms with Gasteiger partial charge in [-0.2, -0.15) is 0 Å². The Morgan fingerprint density at radius 3 is 2.90 bits per heavy atom. The molecule has 0 atom stereocenters. The van der Waals surface area contributed by atoms with Crippen LogP contribution in [0.1, 0.15) is 11.4 Å². The first kappa shape index (κ1) is 12.8. The van der Waals surface area contributed by atoms with Crippen LogP contribution in [0, 0.1) is 6.92 Å². The van der Waals surface area contributed by atoms with E-state index in [1.807, 2.05) is 25.1 Å². The fraction of sp³-hybridized carbons (Fsp3) is 0.214. The minimum atomic E-state index is 0.615. The first-order valence-corrected chi connectivity index (χ1v) is 7.02. The Bertz CT molecular complexity index is 724. The van der Waals surface area contributed by atoms with Crippen LogP contribution >= 0.6 is 11.3 Å². The van der Waals surface area contributed by atoms with Crippen molar-refractivity contribution in [1.82, 2.24) is 15.0 Å². The van der Waals surface area contributed by atoms with Crippen LogP contribution in [0.5, 0.6) is 5.75 Å². The lowest BCUT2D eigenvalue weighted by Crippen LogP contribution is -2.02. The molecular weight excluding hydrogens is 272 g/mol. The lowest BCUT2D eigenvalue weighted by molar-refractivity contribution is 0.415. The van der Waals surface area contributed by atoms with E-state index in [2.05, 4.69) is 20.3 Å². The van der Waals surface area contributed by atoms with Crippen LogP contribution in [0.2, 0.25) is 0 Å². The van der Waals surface area contributed by atoms with Gasteiger partial charge in [0, 0.05) is 6.20 Å². The summed E-state index contributed by atoms with van der Waals surface area (Å²) in [6.45, 7) is 2.54. The summed E-state index contributed by atoms with van der Waals surface area (Å²) in [6, 6.07) is 5.86. The van der Waals surface area contributed by atoms with Gasteiger partial charge in [0.1, 0.15) is 5.75 Å². The number of thiazole rings is 1. The highest BCUT2D eigenvalue weighted by atomic mass is 32.1. The largest absolute Gasteiger partial charge is 0.497 e. The summed E-state index contributed by atoms with van der Waals surface area (Å²) in [5, 5.41) is 4.14. The zero-order chi connectivity index (χ0) is 13.9. The van der Waals surface area contributed by atoms with Gasteiger partial charge in [0.15, 0.2) is 5.13 Å². The third-order valence-electron chi connectivity index (χ3n) is 2.85. The molecule has 0 saturated heterocycles. The minimum absolute atomic E-state index is 0.615. The zero-order valence-electron chi connectivity index (χ0n) is 11.3.